The molecule has 5 heteroatoms. The topological polar surface area (TPSA) is 59.8 Å². The minimum Gasteiger partial charge on any atom is -0.325 e. The lowest BCUT2D eigenvalue weighted by molar-refractivity contribution is -0.115. The molecule has 0 saturated carbocycles. The van der Waals surface area contributed by atoms with Crippen LogP contribution in [0.25, 0.3) is 11.4 Å². The second-order valence-electron chi connectivity index (χ2n) is 5.52. The predicted molar refractivity (Wildman–Crippen MR) is 90.0 cm³/mol. The number of amides is 1. The SMILES string of the molecule is Cc1ccc(CC(=O)Nc2ccccc2-c2nncn2C)cc1. The van der Waals surface area contributed by atoms with Gasteiger partial charge in [0.2, 0.25) is 5.91 Å². The van der Waals surface area contributed by atoms with Crippen molar-refractivity contribution in [3.05, 3.63) is 66.0 Å². The van der Waals surface area contributed by atoms with Gasteiger partial charge in [0.1, 0.15) is 6.33 Å². The molecule has 0 bridgehead atoms. The van der Waals surface area contributed by atoms with E-state index in [4.69, 9.17) is 0 Å². The van der Waals surface area contributed by atoms with Crippen molar-refractivity contribution in [1.82, 2.24) is 14.8 Å². The van der Waals surface area contributed by atoms with Crippen molar-refractivity contribution in [2.45, 2.75) is 13.3 Å². The second kappa shape index (κ2) is 6.44. The number of nitrogens with one attached hydrogen (secondary N) is 1. The number of carbonyl (C=O) groups is 1. The highest BCUT2D eigenvalue weighted by Crippen LogP contribution is 2.25. The van der Waals surface area contributed by atoms with Gasteiger partial charge in [0.25, 0.3) is 0 Å². The van der Waals surface area contributed by atoms with E-state index in [-0.39, 0.29) is 5.91 Å². The quantitative estimate of drug-likeness (QED) is 0.806. The molecule has 0 radical (unpaired) electrons. The third-order valence-electron chi connectivity index (χ3n) is 3.64. The predicted octanol–water partition coefficient (Wildman–Crippen LogP) is 2.97. The van der Waals surface area contributed by atoms with E-state index in [9.17, 15) is 4.79 Å². The van der Waals surface area contributed by atoms with E-state index in [0.717, 1.165) is 22.6 Å². The fourth-order valence-corrected chi connectivity index (χ4v) is 2.40. The Hall–Kier alpha value is -2.95. The summed E-state index contributed by atoms with van der Waals surface area (Å²) in [7, 11) is 1.88. The summed E-state index contributed by atoms with van der Waals surface area (Å²) >= 11 is 0. The zero-order chi connectivity index (χ0) is 16.2. The summed E-state index contributed by atoms with van der Waals surface area (Å²) in [6.07, 6.45) is 1.98. The Labute approximate surface area is 135 Å². The highest BCUT2D eigenvalue weighted by atomic mass is 16.1. The van der Waals surface area contributed by atoms with Crippen LogP contribution < -0.4 is 5.32 Å². The van der Waals surface area contributed by atoms with Gasteiger partial charge in [0.05, 0.1) is 12.1 Å². The summed E-state index contributed by atoms with van der Waals surface area (Å²) in [5, 5.41) is 11.0. The molecule has 0 aliphatic heterocycles. The molecule has 3 rings (SSSR count). The van der Waals surface area contributed by atoms with Crippen LogP contribution in [0.4, 0.5) is 5.69 Å². The van der Waals surface area contributed by atoms with Crippen LogP contribution >= 0.6 is 0 Å². The molecule has 23 heavy (non-hydrogen) atoms. The molecular weight excluding hydrogens is 288 g/mol. The number of aryl methyl sites for hydroxylation is 2. The molecule has 3 aromatic rings. The third kappa shape index (κ3) is 3.45. The van der Waals surface area contributed by atoms with Gasteiger partial charge in [-0.15, -0.1) is 10.2 Å². The number of hydrogen-bond donors (Lipinski definition) is 1. The fourth-order valence-electron chi connectivity index (χ4n) is 2.40. The Balaban J connectivity index is 1.79. The largest absolute Gasteiger partial charge is 0.325 e. The molecule has 0 aliphatic rings. The van der Waals surface area contributed by atoms with Gasteiger partial charge in [-0.05, 0) is 24.6 Å². The highest BCUT2D eigenvalue weighted by Gasteiger charge is 2.12. The Bertz CT molecular complexity index is 821. The highest BCUT2D eigenvalue weighted by molar-refractivity contribution is 5.95. The summed E-state index contributed by atoms with van der Waals surface area (Å²) in [6.45, 7) is 2.03. The number of aromatic nitrogens is 3. The zero-order valence-corrected chi connectivity index (χ0v) is 13.2. The fraction of sp³-hybridized carbons (Fsp3) is 0.167. The van der Waals surface area contributed by atoms with Gasteiger partial charge < -0.3 is 9.88 Å². The van der Waals surface area contributed by atoms with Crippen molar-refractivity contribution in [2.75, 3.05) is 5.32 Å². The number of nitrogens with zero attached hydrogens (tertiary/aromatic N) is 3. The van der Waals surface area contributed by atoms with E-state index < -0.39 is 0 Å². The number of rotatable bonds is 4. The third-order valence-corrected chi connectivity index (χ3v) is 3.64. The van der Waals surface area contributed by atoms with Crippen LogP contribution in [0.1, 0.15) is 11.1 Å². The lowest BCUT2D eigenvalue weighted by Crippen LogP contribution is -2.15. The molecule has 1 amide bonds. The van der Waals surface area contributed by atoms with Crippen LogP contribution in [0.5, 0.6) is 0 Å². The van der Waals surface area contributed by atoms with Crippen molar-refractivity contribution in [2.24, 2.45) is 7.05 Å². The average molecular weight is 306 g/mol. The standard InChI is InChI=1S/C18H18N4O/c1-13-7-9-14(10-8-13)11-17(23)20-16-6-4-3-5-15(16)18-21-19-12-22(18)2/h3-10,12H,11H2,1-2H3,(H,20,23). The van der Waals surface area contributed by atoms with Gasteiger partial charge in [0, 0.05) is 12.6 Å². The maximum Gasteiger partial charge on any atom is 0.228 e. The van der Waals surface area contributed by atoms with Gasteiger partial charge in [-0.2, -0.15) is 0 Å². The number of benzene rings is 2. The monoisotopic (exact) mass is 306 g/mol. The minimum atomic E-state index is -0.0523. The Kier molecular flexibility index (Phi) is 4.19. The van der Waals surface area contributed by atoms with Crippen molar-refractivity contribution in [3.8, 4) is 11.4 Å². The van der Waals surface area contributed by atoms with Crippen LogP contribution in [-0.2, 0) is 18.3 Å². The minimum absolute atomic E-state index is 0.0523. The molecule has 0 atom stereocenters. The first-order chi connectivity index (χ1) is 11.1. The van der Waals surface area contributed by atoms with Crippen molar-refractivity contribution in [1.29, 1.82) is 0 Å². The molecule has 116 valence electrons. The molecule has 0 spiro atoms. The maximum atomic E-state index is 12.3. The van der Waals surface area contributed by atoms with Gasteiger partial charge >= 0.3 is 0 Å². The average Bonchev–Trinajstić information content (AvgIpc) is 2.96. The summed E-state index contributed by atoms with van der Waals surface area (Å²) in [5.41, 5.74) is 3.76. The lowest BCUT2D eigenvalue weighted by Gasteiger charge is -2.10. The number of anilines is 1. The lowest BCUT2D eigenvalue weighted by atomic mass is 10.1. The van der Waals surface area contributed by atoms with E-state index in [1.807, 2.05) is 67.1 Å². The number of carbonyl (C=O) groups excluding carboxylic acids is 1. The first-order valence-electron chi connectivity index (χ1n) is 7.42. The van der Waals surface area contributed by atoms with Crippen LogP contribution in [0, 0.1) is 6.92 Å². The smallest absolute Gasteiger partial charge is 0.228 e. The van der Waals surface area contributed by atoms with Crippen molar-refractivity contribution >= 4 is 11.6 Å². The zero-order valence-electron chi connectivity index (χ0n) is 13.2. The molecule has 0 aliphatic carbocycles. The van der Waals surface area contributed by atoms with Crippen molar-refractivity contribution in [3.63, 3.8) is 0 Å². The summed E-state index contributed by atoms with van der Waals surface area (Å²) in [4.78, 5) is 12.3. The summed E-state index contributed by atoms with van der Waals surface area (Å²) in [6, 6.07) is 15.6. The molecule has 2 aromatic carbocycles. The van der Waals surface area contributed by atoms with Gasteiger partial charge in [0.15, 0.2) is 5.82 Å². The van der Waals surface area contributed by atoms with Crippen LogP contribution in [0.2, 0.25) is 0 Å². The molecule has 0 saturated heterocycles. The number of hydrogen-bond acceptors (Lipinski definition) is 3. The summed E-state index contributed by atoms with van der Waals surface area (Å²) in [5.74, 6) is 0.666. The van der Waals surface area contributed by atoms with Crippen LogP contribution in [0.15, 0.2) is 54.9 Å². The van der Waals surface area contributed by atoms with E-state index in [0.29, 0.717) is 6.42 Å². The molecule has 0 unspecified atom stereocenters. The van der Waals surface area contributed by atoms with Crippen LogP contribution in [0.3, 0.4) is 0 Å². The molecular formula is C18H18N4O. The van der Waals surface area contributed by atoms with E-state index in [1.165, 1.54) is 5.56 Å². The second-order valence-corrected chi connectivity index (χ2v) is 5.52. The molecule has 1 heterocycles. The van der Waals surface area contributed by atoms with Crippen molar-refractivity contribution < 1.29 is 4.79 Å². The van der Waals surface area contributed by atoms with Gasteiger partial charge in [-0.1, -0.05) is 42.0 Å². The molecule has 1 N–H and O–H groups in total. The first kappa shape index (κ1) is 15.0. The van der Waals surface area contributed by atoms with Gasteiger partial charge in [-0.3, -0.25) is 4.79 Å². The van der Waals surface area contributed by atoms with E-state index >= 15 is 0 Å². The number of para-hydroxylation sites is 1. The molecule has 5 nitrogen and oxygen atoms in total. The van der Waals surface area contributed by atoms with Crippen LogP contribution in [-0.4, -0.2) is 20.7 Å². The van der Waals surface area contributed by atoms with E-state index in [1.54, 1.807) is 6.33 Å². The van der Waals surface area contributed by atoms with E-state index in [2.05, 4.69) is 15.5 Å². The molecule has 0 fully saturated rings. The molecule has 1 aromatic heterocycles. The Morgan fingerprint density at radius 1 is 1.13 bits per heavy atom. The van der Waals surface area contributed by atoms with Gasteiger partial charge in [-0.25, -0.2) is 0 Å². The maximum absolute atomic E-state index is 12.3. The Morgan fingerprint density at radius 3 is 2.57 bits per heavy atom. The Morgan fingerprint density at radius 2 is 1.87 bits per heavy atom. The normalized spacial score (nSPS) is 10.5. The first-order valence-corrected chi connectivity index (χ1v) is 7.42. The summed E-state index contributed by atoms with van der Waals surface area (Å²) < 4.78 is 1.82.